The Labute approximate surface area is 165 Å². The number of benzene rings is 1. The fourth-order valence-electron chi connectivity index (χ4n) is 4.10. The van der Waals surface area contributed by atoms with E-state index in [2.05, 4.69) is 34.4 Å². The summed E-state index contributed by atoms with van der Waals surface area (Å²) in [5, 5.41) is 7.37. The van der Waals surface area contributed by atoms with Gasteiger partial charge in [-0.1, -0.05) is 24.3 Å². The molecule has 7 heteroatoms. The Kier molecular flexibility index (Phi) is 5.17. The zero-order valence-electron chi connectivity index (χ0n) is 16.5. The van der Waals surface area contributed by atoms with Crippen LogP contribution in [0.15, 0.2) is 30.3 Å². The fraction of sp³-hybridized carbons (Fsp3) is 0.476. The van der Waals surface area contributed by atoms with Gasteiger partial charge in [-0.2, -0.15) is 5.10 Å². The molecule has 28 heavy (non-hydrogen) atoms. The van der Waals surface area contributed by atoms with E-state index in [1.807, 2.05) is 34.7 Å². The van der Waals surface area contributed by atoms with Crippen molar-refractivity contribution in [2.75, 3.05) is 19.6 Å². The molecule has 0 spiro atoms. The molecule has 3 heterocycles. The van der Waals surface area contributed by atoms with Gasteiger partial charge in [-0.3, -0.25) is 19.2 Å². The van der Waals surface area contributed by atoms with Gasteiger partial charge in [0.2, 0.25) is 11.8 Å². The molecule has 0 saturated carbocycles. The summed E-state index contributed by atoms with van der Waals surface area (Å²) in [7, 11) is 0. The topological polar surface area (TPSA) is 70.5 Å². The van der Waals surface area contributed by atoms with Gasteiger partial charge in [-0.05, 0) is 31.0 Å². The summed E-state index contributed by atoms with van der Waals surface area (Å²) in [6, 6.07) is 9.82. The number of aromatic nitrogens is 2. The van der Waals surface area contributed by atoms with E-state index >= 15 is 0 Å². The molecule has 2 aliphatic rings. The molecule has 2 aliphatic heterocycles. The molecule has 0 radical (unpaired) electrons. The average molecular weight is 381 g/mol. The third kappa shape index (κ3) is 3.80. The second kappa shape index (κ2) is 7.75. The van der Waals surface area contributed by atoms with E-state index in [0.29, 0.717) is 32.7 Å². The third-order valence-electron chi connectivity index (χ3n) is 5.72. The number of rotatable bonds is 4. The lowest BCUT2D eigenvalue weighted by Crippen LogP contribution is -2.56. The number of carbonyl (C=O) groups is 2. The molecule has 1 aromatic heterocycles. The number of carbonyl (C=O) groups excluding carboxylic acids is 2. The lowest BCUT2D eigenvalue weighted by molar-refractivity contribution is -0.140. The summed E-state index contributed by atoms with van der Waals surface area (Å²) >= 11 is 0. The number of amides is 2. The molecule has 1 saturated heterocycles. The molecule has 1 aromatic carbocycles. The Hall–Kier alpha value is -2.67. The SMILES string of the molecule is Cc1cc2n(n1)CCN(C(=O)C[C@H]1C(=O)NCCN1Cc1ccccc1C)C2. The highest BCUT2D eigenvalue weighted by Gasteiger charge is 2.34. The number of hydrogen-bond donors (Lipinski definition) is 1. The second-order valence-corrected chi connectivity index (χ2v) is 7.72. The van der Waals surface area contributed by atoms with E-state index in [0.717, 1.165) is 17.9 Å². The number of nitrogens with zero attached hydrogens (tertiary/aromatic N) is 4. The van der Waals surface area contributed by atoms with Crippen molar-refractivity contribution in [3.05, 3.63) is 52.8 Å². The van der Waals surface area contributed by atoms with Crippen molar-refractivity contribution < 1.29 is 9.59 Å². The van der Waals surface area contributed by atoms with Gasteiger partial charge in [0.05, 0.1) is 36.9 Å². The molecule has 0 aliphatic carbocycles. The van der Waals surface area contributed by atoms with Crippen LogP contribution in [0, 0.1) is 13.8 Å². The highest BCUT2D eigenvalue weighted by atomic mass is 16.2. The monoisotopic (exact) mass is 381 g/mol. The van der Waals surface area contributed by atoms with Gasteiger partial charge in [0.15, 0.2) is 0 Å². The average Bonchev–Trinajstić information content (AvgIpc) is 3.05. The Morgan fingerprint density at radius 3 is 2.86 bits per heavy atom. The van der Waals surface area contributed by atoms with Crippen LogP contribution in [0.1, 0.15) is 28.9 Å². The lowest BCUT2D eigenvalue weighted by Gasteiger charge is -2.36. The molecule has 2 aromatic rings. The number of nitrogens with one attached hydrogen (secondary N) is 1. The Morgan fingerprint density at radius 2 is 2.04 bits per heavy atom. The van der Waals surface area contributed by atoms with Crippen LogP contribution in [-0.2, 0) is 29.2 Å². The maximum Gasteiger partial charge on any atom is 0.237 e. The van der Waals surface area contributed by atoms with Gasteiger partial charge < -0.3 is 10.2 Å². The van der Waals surface area contributed by atoms with Crippen molar-refractivity contribution in [3.63, 3.8) is 0 Å². The first kappa shape index (κ1) is 18.7. The lowest BCUT2D eigenvalue weighted by atomic mass is 10.0. The Morgan fingerprint density at radius 1 is 1.21 bits per heavy atom. The van der Waals surface area contributed by atoms with Gasteiger partial charge in [0, 0.05) is 26.2 Å². The first-order valence-corrected chi connectivity index (χ1v) is 9.88. The molecule has 0 unspecified atom stereocenters. The minimum atomic E-state index is -0.422. The predicted molar refractivity (Wildman–Crippen MR) is 105 cm³/mol. The summed E-state index contributed by atoms with van der Waals surface area (Å²) in [4.78, 5) is 29.5. The smallest absolute Gasteiger partial charge is 0.237 e. The van der Waals surface area contributed by atoms with Crippen LogP contribution in [-0.4, -0.2) is 57.1 Å². The van der Waals surface area contributed by atoms with E-state index in [1.165, 1.54) is 11.1 Å². The quantitative estimate of drug-likeness (QED) is 0.865. The largest absolute Gasteiger partial charge is 0.353 e. The minimum absolute atomic E-state index is 0.0296. The van der Waals surface area contributed by atoms with E-state index in [-0.39, 0.29) is 18.2 Å². The van der Waals surface area contributed by atoms with Crippen molar-refractivity contribution in [2.45, 2.75) is 45.9 Å². The van der Waals surface area contributed by atoms with Crippen LogP contribution in [0.5, 0.6) is 0 Å². The van der Waals surface area contributed by atoms with Crippen molar-refractivity contribution in [2.24, 2.45) is 0 Å². The number of aryl methyl sites for hydroxylation is 2. The van der Waals surface area contributed by atoms with E-state index < -0.39 is 6.04 Å². The molecule has 7 nitrogen and oxygen atoms in total. The van der Waals surface area contributed by atoms with Gasteiger partial charge >= 0.3 is 0 Å². The summed E-state index contributed by atoms with van der Waals surface area (Å²) < 4.78 is 1.97. The van der Waals surface area contributed by atoms with Crippen molar-refractivity contribution in [1.29, 1.82) is 0 Å². The van der Waals surface area contributed by atoms with Crippen LogP contribution in [0.25, 0.3) is 0 Å². The number of hydrogen-bond acceptors (Lipinski definition) is 4. The zero-order valence-corrected chi connectivity index (χ0v) is 16.5. The third-order valence-corrected chi connectivity index (χ3v) is 5.72. The molecule has 1 fully saturated rings. The minimum Gasteiger partial charge on any atom is -0.353 e. The van der Waals surface area contributed by atoms with Crippen LogP contribution < -0.4 is 5.32 Å². The predicted octanol–water partition coefficient (Wildman–Crippen LogP) is 1.23. The van der Waals surface area contributed by atoms with Gasteiger partial charge in [0.25, 0.3) is 0 Å². The molecular weight excluding hydrogens is 354 g/mol. The van der Waals surface area contributed by atoms with Crippen LogP contribution in [0.4, 0.5) is 0 Å². The number of fused-ring (bicyclic) bond motifs is 1. The van der Waals surface area contributed by atoms with Crippen molar-refractivity contribution in [3.8, 4) is 0 Å². The first-order chi connectivity index (χ1) is 13.5. The highest BCUT2D eigenvalue weighted by molar-refractivity contribution is 5.88. The van der Waals surface area contributed by atoms with Crippen molar-refractivity contribution in [1.82, 2.24) is 24.9 Å². The van der Waals surface area contributed by atoms with Gasteiger partial charge in [-0.25, -0.2) is 0 Å². The van der Waals surface area contributed by atoms with E-state index in [1.54, 1.807) is 0 Å². The molecule has 1 N–H and O–H groups in total. The Balaban J connectivity index is 1.45. The summed E-state index contributed by atoms with van der Waals surface area (Å²) in [5.41, 5.74) is 4.44. The standard InChI is InChI=1S/C21H27N5O2/c1-15-5-3-4-6-17(15)13-24-8-7-22-21(28)19(24)12-20(27)25-9-10-26-18(14-25)11-16(2)23-26/h3-6,11,19H,7-10,12-14H2,1-2H3,(H,22,28)/t19-/m0/s1. The molecule has 1 atom stereocenters. The highest BCUT2D eigenvalue weighted by Crippen LogP contribution is 2.19. The molecule has 0 bridgehead atoms. The maximum atomic E-state index is 13.0. The summed E-state index contributed by atoms with van der Waals surface area (Å²) in [5.74, 6) is -0.0204. The van der Waals surface area contributed by atoms with Crippen molar-refractivity contribution >= 4 is 11.8 Å². The van der Waals surface area contributed by atoms with Crippen LogP contribution in [0.2, 0.25) is 0 Å². The van der Waals surface area contributed by atoms with Gasteiger partial charge in [-0.15, -0.1) is 0 Å². The number of piperazine rings is 1. The van der Waals surface area contributed by atoms with E-state index in [9.17, 15) is 9.59 Å². The fourth-order valence-corrected chi connectivity index (χ4v) is 4.10. The van der Waals surface area contributed by atoms with E-state index in [4.69, 9.17) is 0 Å². The zero-order chi connectivity index (χ0) is 19.7. The van der Waals surface area contributed by atoms with Crippen LogP contribution in [0.3, 0.4) is 0 Å². The molecular formula is C21H27N5O2. The van der Waals surface area contributed by atoms with Crippen LogP contribution >= 0.6 is 0 Å². The molecule has 2 amide bonds. The second-order valence-electron chi connectivity index (χ2n) is 7.72. The molecule has 4 rings (SSSR count). The normalized spacial score (nSPS) is 20.0. The molecule has 148 valence electrons. The van der Waals surface area contributed by atoms with Gasteiger partial charge in [0.1, 0.15) is 0 Å². The summed E-state index contributed by atoms with van der Waals surface area (Å²) in [6.45, 7) is 8.01. The maximum absolute atomic E-state index is 13.0. The first-order valence-electron chi connectivity index (χ1n) is 9.88. The Bertz CT molecular complexity index is 891. The summed E-state index contributed by atoms with van der Waals surface area (Å²) in [6.07, 6.45) is 0.213.